The van der Waals surface area contributed by atoms with Crippen molar-refractivity contribution in [3.63, 3.8) is 0 Å². The van der Waals surface area contributed by atoms with Crippen LogP contribution in [0.5, 0.6) is 0 Å². The Balaban J connectivity index is 1.92. The summed E-state index contributed by atoms with van der Waals surface area (Å²) in [6.07, 6.45) is 3.24. The van der Waals surface area contributed by atoms with E-state index in [1.165, 1.54) is 11.4 Å². The average molecular weight is 298 g/mol. The molecule has 1 aromatic carbocycles. The first-order valence-electron chi connectivity index (χ1n) is 6.89. The van der Waals surface area contributed by atoms with Crippen LogP contribution in [0.3, 0.4) is 0 Å². The number of nitrogens with zero attached hydrogens (tertiary/aromatic N) is 1. The number of benzene rings is 1. The second-order valence-electron chi connectivity index (χ2n) is 5.50. The number of aliphatic hydroxyl groups is 1. The van der Waals surface area contributed by atoms with Crippen LogP contribution < -0.4 is 4.72 Å². The molecule has 112 valence electrons. The molecular formula is C14H22N2O3S. The molecule has 1 aliphatic carbocycles. The van der Waals surface area contributed by atoms with E-state index in [0.717, 1.165) is 18.4 Å². The van der Waals surface area contributed by atoms with Crippen LogP contribution in [-0.2, 0) is 16.8 Å². The van der Waals surface area contributed by atoms with Crippen molar-refractivity contribution in [1.82, 2.24) is 9.03 Å². The summed E-state index contributed by atoms with van der Waals surface area (Å²) >= 11 is 0. The number of hydrogen-bond donors (Lipinski definition) is 2. The van der Waals surface area contributed by atoms with Crippen LogP contribution in [0, 0.1) is 0 Å². The summed E-state index contributed by atoms with van der Waals surface area (Å²) in [6.45, 7) is 0.406. The zero-order valence-corrected chi connectivity index (χ0v) is 12.6. The molecule has 5 nitrogen and oxygen atoms in total. The summed E-state index contributed by atoms with van der Waals surface area (Å²) in [6, 6.07) is 9.42. The molecule has 0 aliphatic heterocycles. The molecule has 1 fully saturated rings. The fourth-order valence-electron chi connectivity index (χ4n) is 2.47. The zero-order valence-electron chi connectivity index (χ0n) is 11.7. The molecule has 1 aliphatic rings. The highest BCUT2D eigenvalue weighted by molar-refractivity contribution is 7.87. The molecule has 0 bridgehead atoms. The van der Waals surface area contributed by atoms with Crippen LogP contribution in [0.4, 0.5) is 0 Å². The third-order valence-electron chi connectivity index (χ3n) is 3.78. The molecule has 0 aromatic heterocycles. The lowest BCUT2D eigenvalue weighted by molar-refractivity contribution is 0.0528. The molecule has 6 heteroatoms. The van der Waals surface area contributed by atoms with Crippen LogP contribution in [0.25, 0.3) is 0 Å². The quantitative estimate of drug-likeness (QED) is 0.830. The van der Waals surface area contributed by atoms with Gasteiger partial charge in [0.05, 0.1) is 5.60 Å². The van der Waals surface area contributed by atoms with Crippen molar-refractivity contribution in [2.45, 2.75) is 37.8 Å². The highest BCUT2D eigenvalue weighted by Gasteiger charge is 2.33. The standard InChI is InChI=1S/C14H22N2O3S/c1-16(11-13-7-3-2-4-8-13)20(18,19)15-12-14(17)9-5-6-10-14/h2-4,7-8,15,17H,5-6,9-12H2,1H3. The summed E-state index contributed by atoms with van der Waals surface area (Å²) in [4.78, 5) is 0. The number of rotatable bonds is 6. The molecule has 2 rings (SSSR count). The fraction of sp³-hybridized carbons (Fsp3) is 0.571. The summed E-state index contributed by atoms with van der Waals surface area (Å²) in [5.41, 5.74) is 0.0562. The normalized spacial score (nSPS) is 18.6. The van der Waals surface area contributed by atoms with Gasteiger partial charge in [-0.15, -0.1) is 0 Å². The van der Waals surface area contributed by atoms with E-state index in [1.807, 2.05) is 30.3 Å². The minimum Gasteiger partial charge on any atom is -0.389 e. The van der Waals surface area contributed by atoms with Gasteiger partial charge in [0, 0.05) is 20.1 Å². The summed E-state index contributed by atoms with van der Waals surface area (Å²) in [5.74, 6) is 0. The summed E-state index contributed by atoms with van der Waals surface area (Å²) in [7, 11) is -2.02. The number of hydrogen-bond acceptors (Lipinski definition) is 3. The Morgan fingerprint density at radius 3 is 2.45 bits per heavy atom. The van der Waals surface area contributed by atoms with Crippen molar-refractivity contribution in [1.29, 1.82) is 0 Å². The minimum absolute atomic E-state index is 0.0917. The first-order chi connectivity index (χ1) is 9.41. The van der Waals surface area contributed by atoms with Gasteiger partial charge in [-0.25, -0.2) is 0 Å². The zero-order chi connectivity index (χ0) is 14.6. The van der Waals surface area contributed by atoms with Crippen LogP contribution in [-0.4, -0.2) is 37.0 Å². The largest absolute Gasteiger partial charge is 0.389 e. The van der Waals surface area contributed by atoms with E-state index in [9.17, 15) is 13.5 Å². The van der Waals surface area contributed by atoms with Crippen LogP contribution in [0.15, 0.2) is 30.3 Å². The van der Waals surface area contributed by atoms with Crippen LogP contribution >= 0.6 is 0 Å². The predicted molar refractivity (Wildman–Crippen MR) is 78.2 cm³/mol. The molecule has 0 atom stereocenters. The second kappa shape index (κ2) is 6.22. The third-order valence-corrected chi connectivity index (χ3v) is 5.24. The molecule has 20 heavy (non-hydrogen) atoms. The van der Waals surface area contributed by atoms with E-state index in [2.05, 4.69) is 4.72 Å². The van der Waals surface area contributed by atoms with E-state index in [4.69, 9.17) is 0 Å². The molecule has 0 radical (unpaired) electrons. The van der Waals surface area contributed by atoms with Gasteiger partial charge in [-0.3, -0.25) is 0 Å². The number of nitrogens with one attached hydrogen (secondary N) is 1. The van der Waals surface area contributed by atoms with E-state index < -0.39 is 15.8 Å². The molecule has 0 spiro atoms. The average Bonchev–Trinajstić information content (AvgIpc) is 2.85. The van der Waals surface area contributed by atoms with Gasteiger partial charge in [0.25, 0.3) is 10.2 Å². The molecular weight excluding hydrogens is 276 g/mol. The maximum atomic E-state index is 12.1. The van der Waals surface area contributed by atoms with Crippen LogP contribution in [0.1, 0.15) is 31.2 Å². The Labute approximate surface area is 120 Å². The van der Waals surface area contributed by atoms with Crippen molar-refractivity contribution in [3.8, 4) is 0 Å². The van der Waals surface area contributed by atoms with E-state index in [0.29, 0.717) is 19.4 Å². The molecule has 1 aromatic rings. The Bertz CT molecular complexity index is 525. The van der Waals surface area contributed by atoms with Gasteiger partial charge < -0.3 is 5.11 Å². The minimum atomic E-state index is -3.56. The summed E-state index contributed by atoms with van der Waals surface area (Å²) < 4.78 is 28.0. The van der Waals surface area contributed by atoms with Gasteiger partial charge in [-0.1, -0.05) is 43.2 Å². The van der Waals surface area contributed by atoms with Gasteiger partial charge in [-0.2, -0.15) is 17.4 Å². The van der Waals surface area contributed by atoms with Crippen molar-refractivity contribution in [3.05, 3.63) is 35.9 Å². The molecule has 0 saturated heterocycles. The Kier molecular flexibility index (Phi) is 4.80. The van der Waals surface area contributed by atoms with Gasteiger partial charge >= 0.3 is 0 Å². The molecule has 2 N–H and O–H groups in total. The monoisotopic (exact) mass is 298 g/mol. The van der Waals surface area contributed by atoms with Crippen molar-refractivity contribution in [2.75, 3.05) is 13.6 Å². The van der Waals surface area contributed by atoms with E-state index in [-0.39, 0.29) is 6.54 Å². The molecule has 0 heterocycles. The predicted octanol–water partition coefficient (Wildman–Crippen LogP) is 1.26. The Morgan fingerprint density at radius 2 is 1.85 bits per heavy atom. The molecule has 0 amide bonds. The van der Waals surface area contributed by atoms with Crippen molar-refractivity contribution in [2.24, 2.45) is 0 Å². The van der Waals surface area contributed by atoms with Gasteiger partial charge in [0.15, 0.2) is 0 Å². The highest BCUT2D eigenvalue weighted by Crippen LogP contribution is 2.28. The summed E-state index contributed by atoms with van der Waals surface area (Å²) in [5, 5.41) is 10.2. The molecule has 1 saturated carbocycles. The van der Waals surface area contributed by atoms with E-state index >= 15 is 0 Å². The van der Waals surface area contributed by atoms with Crippen molar-refractivity contribution >= 4 is 10.2 Å². The maximum Gasteiger partial charge on any atom is 0.279 e. The van der Waals surface area contributed by atoms with Gasteiger partial charge in [0.2, 0.25) is 0 Å². The lowest BCUT2D eigenvalue weighted by atomic mass is 10.0. The highest BCUT2D eigenvalue weighted by atomic mass is 32.2. The van der Waals surface area contributed by atoms with Gasteiger partial charge in [-0.05, 0) is 18.4 Å². The lowest BCUT2D eigenvalue weighted by Gasteiger charge is -2.24. The fourth-order valence-corrected chi connectivity index (χ4v) is 3.46. The topological polar surface area (TPSA) is 69.6 Å². The Hall–Kier alpha value is -0.950. The smallest absolute Gasteiger partial charge is 0.279 e. The van der Waals surface area contributed by atoms with E-state index in [1.54, 1.807) is 0 Å². The third kappa shape index (κ3) is 4.02. The first kappa shape index (κ1) is 15.4. The van der Waals surface area contributed by atoms with Crippen LogP contribution in [0.2, 0.25) is 0 Å². The van der Waals surface area contributed by atoms with Gasteiger partial charge in [0.1, 0.15) is 0 Å². The second-order valence-corrected chi connectivity index (χ2v) is 7.36. The lowest BCUT2D eigenvalue weighted by Crippen LogP contribution is -2.45. The SMILES string of the molecule is CN(Cc1ccccc1)S(=O)(=O)NCC1(O)CCCC1. The molecule has 0 unspecified atom stereocenters. The van der Waals surface area contributed by atoms with Crippen molar-refractivity contribution < 1.29 is 13.5 Å². The maximum absolute atomic E-state index is 12.1. The first-order valence-corrected chi connectivity index (χ1v) is 8.33. The Morgan fingerprint density at radius 1 is 1.25 bits per heavy atom.